The fourth-order valence-corrected chi connectivity index (χ4v) is 4.10. The maximum absolute atomic E-state index is 12.8. The summed E-state index contributed by atoms with van der Waals surface area (Å²) in [4.78, 5) is 15.5. The van der Waals surface area contributed by atoms with E-state index in [-0.39, 0.29) is 23.9 Å². The van der Waals surface area contributed by atoms with Crippen LogP contribution in [0.4, 0.5) is 0 Å². The highest BCUT2D eigenvalue weighted by Crippen LogP contribution is 2.39. The molecule has 1 fully saturated rings. The molecular weight excluding hydrogens is 392 g/mol. The number of benzene rings is 2. The van der Waals surface area contributed by atoms with Crippen molar-refractivity contribution in [2.75, 3.05) is 39.3 Å². The maximum Gasteiger partial charge on any atom is 0.231 e. The number of halogens is 1. The van der Waals surface area contributed by atoms with Crippen molar-refractivity contribution in [1.82, 2.24) is 0 Å². The highest BCUT2D eigenvalue weighted by atomic mass is 35.5. The van der Waals surface area contributed by atoms with Crippen LogP contribution in [0.25, 0.3) is 6.08 Å². The van der Waals surface area contributed by atoms with E-state index in [0.717, 1.165) is 38.3 Å². The second-order valence-corrected chi connectivity index (χ2v) is 8.02. The lowest BCUT2D eigenvalue weighted by atomic mass is 10.0. The number of fused-ring (bicyclic) bond motifs is 1. The van der Waals surface area contributed by atoms with Crippen LogP contribution >= 0.6 is 11.6 Å². The first-order valence-corrected chi connectivity index (χ1v) is 10.3. The number of allylic oxidation sites excluding steroid dienone is 1. The molecular formula is C22H25ClN2O4+2. The molecule has 0 saturated carbocycles. The first kappa shape index (κ1) is 19.9. The van der Waals surface area contributed by atoms with Crippen molar-refractivity contribution in [3.05, 3.63) is 63.9 Å². The zero-order valence-electron chi connectivity index (χ0n) is 16.1. The van der Waals surface area contributed by atoms with Crippen molar-refractivity contribution < 1.29 is 29.5 Å². The van der Waals surface area contributed by atoms with Crippen LogP contribution in [0.2, 0.25) is 5.02 Å². The molecule has 0 spiro atoms. The fraction of sp³-hybridized carbons (Fsp3) is 0.318. The van der Waals surface area contributed by atoms with Crippen LogP contribution in [0, 0.1) is 0 Å². The van der Waals surface area contributed by atoms with Crippen LogP contribution < -0.4 is 14.5 Å². The Morgan fingerprint density at radius 1 is 1.03 bits per heavy atom. The van der Waals surface area contributed by atoms with E-state index >= 15 is 0 Å². The number of quaternary nitrogens is 2. The summed E-state index contributed by atoms with van der Waals surface area (Å²) in [6, 6.07) is 10.4. The van der Waals surface area contributed by atoms with Gasteiger partial charge in [0.25, 0.3) is 0 Å². The van der Waals surface area contributed by atoms with Crippen LogP contribution in [0.15, 0.2) is 42.2 Å². The van der Waals surface area contributed by atoms with Gasteiger partial charge in [-0.15, -0.1) is 0 Å². The van der Waals surface area contributed by atoms with Gasteiger partial charge >= 0.3 is 0 Å². The van der Waals surface area contributed by atoms with Gasteiger partial charge in [-0.2, -0.15) is 0 Å². The molecule has 0 aliphatic carbocycles. The molecule has 0 radical (unpaired) electrons. The number of phenols is 1. The molecule has 4 N–H and O–H groups in total. The first-order chi connectivity index (χ1) is 14.0. The van der Waals surface area contributed by atoms with Gasteiger partial charge in [0.2, 0.25) is 5.78 Å². The number of piperazine rings is 1. The number of carbonyl (C=O) groups excluding carboxylic acids is 1. The standard InChI is InChI=1S/C22H23ClN2O4/c23-16-3-1-15(2-4-16)13-20-21(28)17-5-6-19(27)18(22(17)29-20)14-25-9-7-24(8-10-25)11-12-26/h1-6,13,26-27H,7-12,14H2/p+2/b20-13-. The van der Waals surface area contributed by atoms with Gasteiger partial charge in [0.05, 0.1) is 17.7 Å². The van der Waals surface area contributed by atoms with Crippen LogP contribution in [0.1, 0.15) is 21.5 Å². The molecule has 7 heteroatoms. The number of hydrogen-bond donors (Lipinski definition) is 4. The van der Waals surface area contributed by atoms with Crippen LogP contribution in [0.5, 0.6) is 11.5 Å². The van der Waals surface area contributed by atoms with E-state index in [1.54, 1.807) is 30.3 Å². The Morgan fingerprint density at radius 2 is 1.72 bits per heavy atom. The minimum absolute atomic E-state index is 0.155. The molecule has 2 aliphatic rings. The number of carbonyl (C=O) groups is 1. The molecule has 1 saturated heterocycles. The van der Waals surface area contributed by atoms with Crippen LogP contribution in [-0.4, -0.2) is 55.3 Å². The van der Waals surface area contributed by atoms with E-state index in [1.165, 1.54) is 9.80 Å². The average molecular weight is 417 g/mol. The Hall–Kier alpha value is -2.38. The summed E-state index contributed by atoms with van der Waals surface area (Å²) in [5.74, 6) is 0.694. The summed E-state index contributed by atoms with van der Waals surface area (Å²) in [6.45, 7) is 5.43. The molecule has 0 bridgehead atoms. The number of ketones is 1. The third-order valence-electron chi connectivity index (χ3n) is 5.64. The predicted molar refractivity (Wildman–Crippen MR) is 110 cm³/mol. The molecule has 2 aromatic carbocycles. The number of aromatic hydroxyl groups is 1. The van der Waals surface area contributed by atoms with E-state index in [1.807, 2.05) is 12.1 Å². The summed E-state index contributed by atoms with van der Waals surface area (Å²) in [6.07, 6.45) is 1.70. The molecule has 0 atom stereocenters. The Kier molecular flexibility index (Phi) is 5.87. The van der Waals surface area contributed by atoms with Gasteiger partial charge in [0, 0.05) is 5.02 Å². The Morgan fingerprint density at radius 3 is 2.41 bits per heavy atom. The van der Waals surface area contributed by atoms with E-state index in [0.29, 0.717) is 28.4 Å². The van der Waals surface area contributed by atoms with Gasteiger partial charge in [0.1, 0.15) is 45.0 Å². The zero-order chi connectivity index (χ0) is 20.4. The van der Waals surface area contributed by atoms with Crippen molar-refractivity contribution in [2.24, 2.45) is 0 Å². The molecule has 0 amide bonds. The summed E-state index contributed by atoms with van der Waals surface area (Å²) >= 11 is 5.92. The molecule has 0 aromatic heterocycles. The number of rotatable bonds is 5. The summed E-state index contributed by atoms with van der Waals surface area (Å²) in [7, 11) is 0. The number of Topliss-reactive ketones (excluding diaryl/α,β-unsaturated/α-hetero) is 1. The Balaban J connectivity index is 1.54. The second-order valence-electron chi connectivity index (χ2n) is 7.58. The number of phenolic OH excluding ortho intramolecular Hbond substituents is 1. The molecule has 6 nitrogen and oxygen atoms in total. The van der Waals surface area contributed by atoms with Gasteiger partial charge in [0.15, 0.2) is 11.5 Å². The molecule has 0 unspecified atom stereocenters. The fourth-order valence-electron chi connectivity index (χ4n) is 3.97. The minimum atomic E-state index is -0.177. The molecule has 2 heterocycles. The first-order valence-electron chi connectivity index (χ1n) is 9.88. The normalized spacial score (nSPS) is 22.6. The quantitative estimate of drug-likeness (QED) is 0.515. The molecule has 2 aromatic rings. The minimum Gasteiger partial charge on any atom is -0.507 e. The molecule has 4 rings (SSSR count). The largest absolute Gasteiger partial charge is 0.507 e. The predicted octanol–water partition coefficient (Wildman–Crippen LogP) is -0.0625. The third kappa shape index (κ3) is 4.31. The third-order valence-corrected chi connectivity index (χ3v) is 5.89. The molecule has 2 aliphatic heterocycles. The SMILES string of the molecule is O=C1/C(=C/c2ccc(Cl)cc2)Oc2c1ccc(O)c2C[NH+]1CC[NH+](CCO)CC1. The van der Waals surface area contributed by atoms with Crippen molar-refractivity contribution in [3.63, 3.8) is 0 Å². The maximum atomic E-state index is 12.8. The Bertz CT molecular complexity index is 935. The number of aliphatic hydroxyl groups excluding tert-OH is 1. The Labute approximate surface area is 174 Å². The zero-order valence-corrected chi connectivity index (χ0v) is 16.8. The van der Waals surface area contributed by atoms with Crippen molar-refractivity contribution in [1.29, 1.82) is 0 Å². The average Bonchev–Trinajstić information content (AvgIpc) is 3.03. The lowest BCUT2D eigenvalue weighted by Crippen LogP contribution is -3.27. The second kappa shape index (κ2) is 8.55. The van der Waals surface area contributed by atoms with Gasteiger partial charge in [-0.3, -0.25) is 4.79 Å². The molecule has 29 heavy (non-hydrogen) atoms. The van der Waals surface area contributed by atoms with E-state index in [4.69, 9.17) is 21.4 Å². The van der Waals surface area contributed by atoms with Crippen LogP contribution in [0.3, 0.4) is 0 Å². The van der Waals surface area contributed by atoms with E-state index in [9.17, 15) is 9.90 Å². The van der Waals surface area contributed by atoms with Gasteiger partial charge in [-0.25, -0.2) is 0 Å². The van der Waals surface area contributed by atoms with E-state index < -0.39 is 0 Å². The number of aliphatic hydroxyl groups is 1. The van der Waals surface area contributed by atoms with Crippen molar-refractivity contribution >= 4 is 23.5 Å². The summed E-state index contributed by atoms with van der Waals surface area (Å²) < 4.78 is 5.93. The van der Waals surface area contributed by atoms with Crippen LogP contribution in [-0.2, 0) is 6.54 Å². The van der Waals surface area contributed by atoms with Crippen molar-refractivity contribution in [3.8, 4) is 11.5 Å². The number of hydrogen-bond acceptors (Lipinski definition) is 4. The highest BCUT2D eigenvalue weighted by Gasteiger charge is 2.33. The van der Waals surface area contributed by atoms with Gasteiger partial charge in [-0.05, 0) is 35.9 Å². The monoisotopic (exact) mass is 416 g/mol. The summed E-state index contributed by atoms with van der Waals surface area (Å²) in [5.41, 5.74) is 1.99. The number of nitrogens with one attached hydrogen (secondary N) is 2. The van der Waals surface area contributed by atoms with E-state index in [2.05, 4.69) is 0 Å². The summed E-state index contributed by atoms with van der Waals surface area (Å²) in [5, 5.41) is 20.2. The lowest BCUT2D eigenvalue weighted by molar-refractivity contribution is -1.02. The van der Waals surface area contributed by atoms with Crippen molar-refractivity contribution in [2.45, 2.75) is 6.54 Å². The smallest absolute Gasteiger partial charge is 0.231 e. The topological polar surface area (TPSA) is 75.6 Å². The number of ether oxygens (including phenoxy) is 1. The van der Waals surface area contributed by atoms with Gasteiger partial charge < -0.3 is 24.7 Å². The van der Waals surface area contributed by atoms with Gasteiger partial charge in [-0.1, -0.05) is 23.7 Å². The highest BCUT2D eigenvalue weighted by molar-refractivity contribution is 6.30. The lowest BCUT2D eigenvalue weighted by Gasteiger charge is -2.29. The molecule has 152 valence electrons.